The molecule has 0 bridgehead atoms. The van der Waals surface area contributed by atoms with Crippen LogP contribution in [-0.2, 0) is 9.53 Å². The van der Waals surface area contributed by atoms with Crippen LogP contribution in [0.1, 0.15) is 26.5 Å². The molecule has 0 atom stereocenters. The number of hydrogen-bond acceptors (Lipinski definition) is 6. The van der Waals surface area contributed by atoms with Gasteiger partial charge in [-0.05, 0) is 42.5 Å². The maximum Gasteiger partial charge on any atom is 0.374 e. The van der Waals surface area contributed by atoms with Gasteiger partial charge in [-0.1, -0.05) is 0 Å². The molecular formula is C19H19NO6. The number of ketones is 1. The molecule has 1 aromatic carbocycles. The highest BCUT2D eigenvalue weighted by Gasteiger charge is 2.14. The maximum absolute atomic E-state index is 12.2. The maximum atomic E-state index is 12.2. The number of nitrogens with zero attached hydrogens (tertiary/aromatic N) is 1. The Balaban J connectivity index is 2.01. The van der Waals surface area contributed by atoms with Gasteiger partial charge in [-0.3, -0.25) is 9.59 Å². The van der Waals surface area contributed by atoms with E-state index in [0.29, 0.717) is 16.9 Å². The third kappa shape index (κ3) is 4.83. The standard InChI is InChI=1S/C19H19NO6/c1-20(2)17(22)12-26-15-7-4-13(5-8-15)16(21)9-6-14-10-11-25-18(14)19(23)24-3/h4-11H,12H2,1-3H3/b9-6-. The molecule has 0 unspecified atom stereocenters. The van der Waals surface area contributed by atoms with E-state index >= 15 is 0 Å². The Bertz CT molecular complexity index is 817. The molecule has 0 aliphatic carbocycles. The summed E-state index contributed by atoms with van der Waals surface area (Å²) in [6.07, 6.45) is 4.17. The van der Waals surface area contributed by atoms with Gasteiger partial charge >= 0.3 is 5.97 Å². The number of ether oxygens (including phenoxy) is 2. The van der Waals surface area contributed by atoms with Gasteiger partial charge in [0.25, 0.3) is 5.91 Å². The number of rotatable bonds is 7. The van der Waals surface area contributed by atoms with Gasteiger partial charge in [0.2, 0.25) is 5.76 Å². The second-order valence-electron chi connectivity index (χ2n) is 5.50. The molecule has 1 heterocycles. The second-order valence-corrected chi connectivity index (χ2v) is 5.50. The molecular weight excluding hydrogens is 338 g/mol. The van der Waals surface area contributed by atoms with E-state index in [-0.39, 0.29) is 24.1 Å². The van der Waals surface area contributed by atoms with Crippen molar-refractivity contribution in [3.05, 3.63) is 59.6 Å². The first-order chi connectivity index (χ1) is 12.4. The summed E-state index contributed by atoms with van der Waals surface area (Å²) in [5.74, 6) is -0.502. The lowest BCUT2D eigenvalue weighted by Gasteiger charge is -2.11. The van der Waals surface area contributed by atoms with Crippen LogP contribution in [-0.4, -0.2) is 50.4 Å². The third-order valence-corrected chi connectivity index (χ3v) is 3.48. The molecule has 2 rings (SSSR count). The Morgan fingerprint density at radius 3 is 2.42 bits per heavy atom. The van der Waals surface area contributed by atoms with E-state index in [1.54, 1.807) is 44.4 Å². The van der Waals surface area contributed by atoms with Gasteiger partial charge in [-0.25, -0.2) is 4.79 Å². The Morgan fingerprint density at radius 1 is 1.12 bits per heavy atom. The number of carbonyl (C=O) groups is 3. The minimum atomic E-state index is -0.615. The Hall–Kier alpha value is -3.35. The van der Waals surface area contributed by atoms with Crippen LogP contribution in [0.3, 0.4) is 0 Å². The van der Waals surface area contributed by atoms with Crippen LogP contribution in [0.25, 0.3) is 6.08 Å². The first-order valence-electron chi connectivity index (χ1n) is 7.73. The number of furan rings is 1. The largest absolute Gasteiger partial charge is 0.484 e. The summed E-state index contributed by atoms with van der Waals surface area (Å²) in [6, 6.07) is 7.98. The summed E-state index contributed by atoms with van der Waals surface area (Å²) in [5.41, 5.74) is 0.892. The number of likely N-dealkylation sites (N-methyl/N-ethyl adjacent to an activating group) is 1. The molecule has 0 aliphatic rings. The fourth-order valence-electron chi connectivity index (χ4n) is 1.96. The van der Waals surface area contributed by atoms with Crippen LogP contribution < -0.4 is 4.74 Å². The van der Waals surface area contributed by atoms with Crippen molar-refractivity contribution >= 4 is 23.7 Å². The number of hydrogen-bond donors (Lipinski definition) is 0. The van der Waals surface area contributed by atoms with Gasteiger partial charge in [0.1, 0.15) is 5.75 Å². The Kier molecular flexibility index (Phi) is 6.32. The predicted molar refractivity (Wildman–Crippen MR) is 94.0 cm³/mol. The number of methoxy groups -OCH3 is 1. The van der Waals surface area contributed by atoms with Gasteiger partial charge in [0.05, 0.1) is 13.4 Å². The molecule has 0 fully saturated rings. The zero-order valence-electron chi connectivity index (χ0n) is 14.7. The Labute approximate surface area is 150 Å². The summed E-state index contributed by atoms with van der Waals surface area (Å²) >= 11 is 0. The molecule has 0 saturated carbocycles. The molecule has 0 radical (unpaired) electrons. The first-order valence-corrected chi connectivity index (χ1v) is 7.73. The topological polar surface area (TPSA) is 86.0 Å². The normalized spacial score (nSPS) is 10.6. The second kappa shape index (κ2) is 8.66. The third-order valence-electron chi connectivity index (χ3n) is 3.48. The minimum Gasteiger partial charge on any atom is -0.484 e. The van der Waals surface area contributed by atoms with E-state index in [9.17, 15) is 14.4 Å². The van der Waals surface area contributed by atoms with Crippen molar-refractivity contribution < 1.29 is 28.3 Å². The van der Waals surface area contributed by atoms with Gasteiger partial charge in [0.15, 0.2) is 12.4 Å². The highest BCUT2D eigenvalue weighted by atomic mass is 16.5. The van der Waals surface area contributed by atoms with E-state index in [2.05, 4.69) is 4.74 Å². The number of esters is 1. The van der Waals surface area contributed by atoms with E-state index < -0.39 is 5.97 Å². The average Bonchev–Trinajstić information content (AvgIpc) is 3.12. The molecule has 2 aromatic rings. The summed E-state index contributed by atoms with van der Waals surface area (Å²) in [6.45, 7) is -0.0724. The van der Waals surface area contributed by atoms with Gasteiger partial charge in [-0.15, -0.1) is 0 Å². The quantitative estimate of drug-likeness (QED) is 0.430. The van der Waals surface area contributed by atoms with Crippen molar-refractivity contribution in [2.24, 2.45) is 0 Å². The van der Waals surface area contributed by atoms with Gasteiger partial charge < -0.3 is 18.8 Å². The Morgan fingerprint density at radius 2 is 1.81 bits per heavy atom. The lowest BCUT2D eigenvalue weighted by molar-refractivity contribution is -0.130. The van der Waals surface area contributed by atoms with Crippen molar-refractivity contribution in [2.75, 3.05) is 27.8 Å². The van der Waals surface area contributed by atoms with E-state index in [0.717, 1.165) is 0 Å². The number of benzene rings is 1. The monoisotopic (exact) mass is 357 g/mol. The van der Waals surface area contributed by atoms with E-state index in [4.69, 9.17) is 9.15 Å². The van der Waals surface area contributed by atoms with Gasteiger partial charge in [-0.2, -0.15) is 0 Å². The molecule has 7 nitrogen and oxygen atoms in total. The molecule has 1 aromatic heterocycles. The van der Waals surface area contributed by atoms with Gasteiger partial charge in [0, 0.05) is 25.2 Å². The molecule has 0 aliphatic heterocycles. The predicted octanol–water partition coefficient (Wildman–Crippen LogP) is 2.43. The lowest BCUT2D eigenvalue weighted by Crippen LogP contribution is -2.27. The zero-order chi connectivity index (χ0) is 19.1. The first kappa shape index (κ1) is 19.0. The van der Waals surface area contributed by atoms with Crippen molar-refractivity contribution in [3.8, 4) is 5.75 Å². The van der Waals surface area contributed by atoms with E-state index in [1.165, 1.54) is 30.4 Å². The molecule has 0 N–H and O–H groups in total. The molecule has 1 amide bonds. The summed E-state index contributed by atoms with van der Waals surface area (Å²) < 4.78 is 15.0. The highest BCUT2D eigenvalue weighted by Crippen LogP contribution is 2.16. The van der Waals surface area contributed by atoms with Crippen molar-refractivity contribution in [1.29, 1.82) is 0 Å². The molecule has 7 heteroatoms. The van der Waals surface area contributed by atoms with Crippen LogP contribution in [0.15, 0.2) is 47.1 Å². The minimum absolute atomic E-state index is 0.0332. The number of allylic oxidation sites excluding steroid dienone is 1. The molecule has 0 spiro atoms. The van der Waals surface area contributed by atoms with Crippen LogP contribution in [0.5, 0.6) is 5.75 Å². The van der Waals surface area contributed by atoms with Crippen LogP contribution in [0, 0.1) is 0 Å². The average molecular weight is 357 g/mol. The lowest BCUT2D eigenvalue weighted by atomic mass is 10.1. The fraction of sp³-hybridized carbons (Fsp3) is 0.211. The summed E-state index contributed by atoms with van der Waals surface area (Å²) in [5, 5.41) is 0. The van der Waals surface area contributed by atoms with Crippen LogP contribution >= 0.6 is 0 Å². The number of amides is 1. The molecule has 0 saturated heterocycles. The van der Waals surface area contributed by atoms with Crippen LogP contribution in [0.2, 0.25) is 0 Å². The zero-order valence-corrected chi connectivity index (χ0v) is 14.7. The fourth-order valence-corrected chi connectivity index (χ4v) is 1.96. The summed E-state index contributed by atoms with van der Waals surface area (Å²) in [7, 11) is 4.54. The van der Waals surface area contributed by atoms with Crippen molar-refractivity contribution in [3.63, 3.8) is 0 Å². The van der Waals surface area contributed by atoms with E-state index in [1.807, 2.05) is 0 Å². The van der Waals surface area contributed by atoms with Crippen molar-refractivity contribution in [2.45, 2.75) is 0 Å². The summed E-state index contributed by atoms with van der Waals surface area (Å²) in [4.78, 5) is 36.7. The number of carbonyl (C=O) groups excluding carboxylic acids is 3. The molecule has 136 valence electrons. The van der Waals surface area contributed by atoms with Crippen LogP contribution in [0.4, 0.5) is 0 Å². The smallest absolute Gasteiger partial charge is 0.374 e. The van der Waals surface area contributed by atoms with Crippen molar-refractivity contribution in [1.82, 2.24) is 4.90 Å². The SMILES string of the molecule is COC(=O)c1occc1/C=C\C(=O)c1ccc(OCC(=O)N(C)C)cc1. The molecule has 26 heavy (non-hydrogen) atoms. The highest BCUT2D eigenvalue weighted by molar-refractivity contribution is 6.07.